The van der Waals surface area contributed by atoms with Crippen LogP contribution in [0.25, 0.3) is 0 Å². The van der Waals surface area contributed by atoms with E-state index in [1.54, 1.807) is 23.1 Å². The molecule has 2 atom stereocenters. The van der Waals surface area contributed by atoms with Crippen molar-refractivity contribution in [3.05, 3.63) is 33.8 Å². The highest BCUT2D eigenvalue weighted by Crippen LogP contribution is 2.33. The summed E-state index contributed by atoms with van der Waals surface area (Å²) in [5.74, 6) is -1.48. The summed E-state index contributed by atoms with van der Waals surface area (Å²) in [6, 6.07) is 4.56. The number of carboxylic acid groups (broad SMARTS) is 1. The van der Waals surface area contributed by atoms with Crippen molar-refractivity contribution in [3.63, 3.8) is 0 Å². The first-order valence-electron chi connectivity index (χ1n) is 8.25. The molecule has 2 aliphatic heterocycles. The first kappa shape index (κ1) is 18.5. The number of hydrogen-bond donors (Lipinski definition) is 1. The van der Waals surface area contributed by atoms with Gasteiger partial charge in [-0.1, -0.05) is 29.3 Å². The van der Waals surface area contributed by atoms with Crippen LogP contribution >= 0.6 is 23.2 Å². The molecule has 2 saturated heterocycles. The largest absolute Gasteiger partial charge is 0.481 e. The quantitative estimate of drug-likeness (QED) is 0.859. The molecule has 0 bridgehead atoms. The van der Waals surface area contributed by atoms with E-state index in [9.17, 15) is 14.7 Å². The predicted molar refractivity (Wildman–Crippen MR) is 93.9 cm³/mol. The topological polar surface area (TPSA) is 70.1 Å². The minimum atomic E-state index is -0.859. The van der Waals surface area contributed by atoms with Crippen LogP contribution in [0.5, 0.6) is 0 Å². The highest BCUT2D eigenvalue weighted by atomic mass is 35.5. The minimum absolute atomic E-state index is 0.116. The molecule has 2 heterocycles. The number of likely N-dealkylation sites (tertiary alicyclic amines) is 1. The molecule has 2 unspecified atom stereocenters. The third-order valence-corrected chi connectivity index (χ3v) is 5.31. The zero-order chi connectivity index (χ0) is 18.0. The Morgan fingerprint density at radius 1 is 1.20 bits per heavy atom. The van der Waals surface area contributed by atoms with Crippen molar-refractivity contribution in [2.45, 2.75) is 12.5 Å². The molecule has 1 N–H and O–H groups in total. The number of carbonyl (C=O) groups is 2. The van der Waals surface area contributed by atoms with Gasteiger partial charge in [-0.2, -0.15) is 0 Å². The Labute approximate surface area is 156 Å². The molecule has 25 heavy (non-hydrogen) atoms. The normalized spacial score (nSPS) is 22.8. The van der Waals surface area contributed by atoms with E-state index in [-0.39, 0.29) is 12.5 Å². The van der Waals surface area contributed by atoms with E-state index in [1.807, 2.05) is 4.90 Å². The lowest BCUT2D eigenvalue weighted by Crippen LogP contribution is -2.47. The summed E-state index contributed by atoms with van der Waals surface area (Å²) >= 11 is 12.4. The molecule has 1 aromatic rings. The smallest absolute Gasteiger partial charge is 0.308 e. The fraction of sp³-hybridized carbons (Fsp3) is 0.529. The summed E-state index contributed by atoms with van der Waals surface area (Å²) < 4.78 is 5.39. The molecule has 0 aromatic heterocycles. The van der Waals surface area contributed by atoms with Crippen LogP contribution in [0, 0.1) is 5.92 Å². The fourth-order valence-electron chi connectivity index (χ4n) is 3.38. The van der Waals surface area contributed by atoms with E-state index in [1.165, 1.54) is 0 Å². The van der Waals surface area contributed by atoms with Gasteiger partial charge in [0.15, 0.2) is 0 Å². The Morgan fingerprint density at radius 2 is 1.92 bits per heavy atom. The Bertz CT molecular complexity index is 664. The molecule has 136 valence electrons. The van der Waals surface area contributed by atoms with Gasteiger partial charge in [0.2, 0.25) is 5.91 Å². The third kappa shape index (κ3) is 4.08. The van der Waals surface area contributed by atoms with Gasteiger partial charge >= 0.3 is 5.97 Å². The van der Waals surface area contributed by atoms with Gasteiger partial charge in [-0.05, 0) is 24.1 Å². The lowest BCUT2D eigenvalue weighted by Gasteiger charge is -2.36. The summed E-state index contributed by atoms with van der Waals surface area (Å²) in [5.41, 5.74) is 0.691. The van der Waals surface area contributed by atoms with Gasteiger partial charge < -0.3 is 14.7 Å². The number of carboxylic acids is 1. The molecule has 1 amide bonds. The molecule has 8 heteroatoms. The number of benzene rings is 1. The molecular weight excluding hydrogens is 367 g/mol. The van der Waals surface area contributed by atoms with E-state index < -0.39 is 17.9 Å². The van der Waals surface area contributed by atoms with Crippen molar-refractivity contribution < 1.29 is 19.4 Å². The third-order valence-electron chi connectivity index (χ3n) is 4.75. The maximum absolute atomic E-state index is 13.2. The highest BCUT2D eigenvalue weighted by Gasteiger charge is 2.38. The second kappa shape index (κ2) is 7.91. The minimum Gasteiger partial charge on any atom is -0.481 e. The van der Waals surface area contributed by atoms with Gasteiger partial charge in [-0.15, -0.1) is 0 Å². The Kier molecular flexibility index (Phi) is 5.84. The van der Waals surface area contributed by atoms with E-state index in [2.05, 4.69) is 0 Å². The van der Waals surface area contributed by atoms with Crippen LogP contribution in [0.2, 0.25) is 10.0 Å². The standard InChI is InChI=1S/C17H20Cl2N2O4/c18-12-1-2-13(14(19)9-12)15(20-5-7-25-8-6-20)16(22)21-4-3-11(10-21)17(23)24/h1-2,9,11,15H,3-8,10H2,(H,23,24). The number of morpholine rings is 1. The number of amides is 1. The summed E-state index contributed by atoms with van der Waals surface area (Å²) in [7, 11) is 0. The molecule has 0 spiro atoms. The van der Waals surface area contributed by atoms with E-state index in [4.69, 9.17) is 27.9 Å². The lowest BCUT2D eigenvalue weighted by molar-refractivity contribution is -0.142. The molecule has 3 rings (SSSR count). The number of ether oxygens (including phenoxy) is 1. The van der Waals surface area contributed by atoms with Gasteiger partial charge in [0.1, 0.15) is 6.04 Å². The zero-order valence-corrected chi connectivity index (χ0v) is 15.2. The number of rotatable bonds is 4. The monoisotopic (exact) mass is 386 g/mol. The summed E-state index contributed by atoms with van der Waals surface area (Å²) in [6.07, 6.45) is 0.477. The highest BCUT2D eigenvalue weighted by molar-refractivity contribution is 6.35. The number of nitrogens with zero attached hydrogens (tertiary/aromatic N) is 2. The molecule has 2 aliphatic rings. The van der Waals surface area contributed by atoms with Crippen LogP contribution < -0.4 is 0 Å². The van der Waals surface area contributed by atoms with Crippen LogP contribution in [0.1, 0.15) is 18.0 Å². The van der Waals surface area contributed by atoms with Crippen molar-refractivity contribution in [3.8, 4) is 0 Å². The van der Waals surface area contributed by atoms with Gasteiger partial charge in [0.05, 0.1) is 19.1 Å². The second-order valence-electron chi connectivity index (χ2n) is 6.32. The van der Waals surface area contributed by atoms with Crippen LogP contribution in [-0.2, 0) is 14.3 Å². The van der Waals surface area contributed by atoms with Gasteiger partial charge in [-0.3, -0.25) is 14.5 Å². The Balaban J connectivity index is 1.88. The SMILES string of the molecule is O=C(O)C1CCN(C(=O)C(c2ccc(Cl)cc2Cl)N2CCOCC2)C1. The predicted octanol–water partition coefficient (Wildman–Crippen LogP) is 2.30. The average Bonchev–Trinajstić information content (AvgIpc) is 3.08. The summed E-state index contributed by atoms with van der Waals surface area (Å²) in [6.45, 7) is 3.01. The lowest BCUT2D eigenvalue weighted by atomic mass is 10.0. The first-order valence-corrected chi connectivity index (χ1v) is 9.01. The van der Waals surface area contributed by atoms with Gasteiger partial charge in [0.25, 0.3) is 0 Å². The maximum atomic E-state index is 13.2. The molecule has 2 fully saturated rings. The molecule has 0 radical (unpaired) electrons. The van der Waals surface area contributed by atoms with E-state index in [0.717, 1.165) is 0 Å². The van der Waals surface area contributed by atoms with E-state index in [0.29, 0.717) is 54.9 Å². The molecule has 0 saturated carbocycles. The van der Waals surface area contributed by atoms with Crippen LogP contribution in [0.4, 0.5) is 0 Å². The van der Waals surface area contributed by atoms with Gasteiger partial charge in [0, 0.05) is 36.2 Å². The number of aliphatic carboxylic acids is 1. The summed E-state index contributed by atoms with van der Waals surface area (Å²) in [4.78, 5) is 28.1. The van der Waals surface area contributed by atoms with Crippen molar-refractivity contribution in [1.82, 2.24) is 9.80 Å². The zero-order valence-electron chi connectivity index (χ0n) is 13.7. The fourth-order valence-corrected chi connectivity index (χ4v) is 3.89. The summed E-state index contributed by atoms with van der Waals surface area (Å²) in [5, 5.41) is 10.1. The first-order chi connectivity index (χ1) is 12.0. The van der Waals surface area contributed by atoms with Gasteiger partial charge in [-0.25, -0.2) is 0 Å². The van der Waals surface area contributed by atoms with Crippen LogP contribution in [0.3, 0.4) is 0 Å². The number of hydrogen-bond acceptors (Lipinski definition) is 4. The van der Waals surface area contributed by atoms with Crippen LogP contribution in [0.15, 0.2) is 18.2 Å². The Hall–Kier alpha value is -1.34. The van der Waals surface area contributed by atoms with Crippen molar-refractivity contribution in [2.24, 2.45) is 5.92 Å². The Morgan fingerprint density at radius 3 is 2.52 bits per heavy atom. The maximum Gasteiger partial charge on any atom is 0.308 e. The van der Waals surface area contributed by atoms with Crippen LogP contribution in [-0.4, -0.2) is 66.2 Å². The number of halogens is 2. The van der Waals surface area contributed by atoms with E-state index >= 15 is 0 Å². The molecule has 1 aromatic carbocycles. The molecule has 6 nitrogen and oxygen atoms in total. The molecular formula is C17H20Cl2N2O4. The molecule has 0 aliphatic carbocycles. The average molecular weight is 387 g/mol. The van der Waals surface area contributed by atoms with Crippen molar-refractivity contribution >= 4 is 35.1 Å². The van der Waals surface area contributed by atoms with Crippen molar-refractivity contribution in [2.75, 3.05) is 39.4 Å². The number of carbonyl (C=O) groups excluding carboxylic acids is 1. The van der Waals surface area contributed by atoms with Crippen molar-refractivity contribution in [1.29, 1.82) is 0 Å². The second-order valence-corrected chi connectivity index (χ2v) is 7.17.